The van der Waals surface area contributed by atoms with E-state index in [0.717, 1.165) is 19.3 Å². The number of rotatable bonds is 4. The van der Waals surface area contributed by atoms with Crippen LogP contribution in [0.2, 0.25) is 0 Å². The van der Waals surface area contributed by atoms with Crippen molar-refractivity contribution in [1.29, 1.82) is 0 Å². The molecule has 0 bridgehead atoms. The number of imide groups is 1. The van der Waals surface area contributed by atoms with Gasteiger partial charge in [-0.05, 0) is 35.3 Å². The fraction of sp³-hybridized carbons (Fsp3) is 0.556. The second-order valence-corrected chi connectivity index (χ2v) is 7.17. The van der Waals surface area contributed by atoms with Gasteiger partial charge < -0.3 is 5.32 Å². The molecule has 1 aromatic rings. The van der Waals surface area contributed by atoms with Crippen molar-refractivity contribution in [3.8, 4) is 0 Å². The van der Waals surface area contributed by atoms with E-state index in [0.29, 0.717) is 6.54 Å². The van der Waals surface area contributed by atoms with Gasteiger partial charge in [0.05, 0.1) is 0 Å². The summed E-state index contributed by atoms with van der Waals surface area (Å²) in [5, 5.41) is 2.85. The monoisotopic (exact) mass is 300 g/mol. The molecule has 0 aromatic heterocycles. The highest BCUT2D eigenvalue weighted by Crippen LogP contribution is 2.38. The quantitative estimate of drug-likeness (QED) is 0.869. The van der Waals surface area contributed by atoms with Gasteiger partial charge in [-0.1, -0.05) is 51.5 Å². The van der Waals surface area contributed by atoms with Gasteiger partial charge in [0.15, 0.2) is 0 Å². The number of hydrogen-bond acceptors (Lipinski definition) is 2. The van der Waals surface area contributed by atoms with E-state index in [1.165, 1.54) is 16.0 Å². The maximum absolute atomic E-state index is 12.6. The molecule has 4 nitrogen and oxygen atoms in total. The zero-order chi connectivity index (χ0) is 15.9. The summed E-state index contributed by atoms with van der Waals surface area (Å²) >= 11 is 0. The molecule has 3 amide bonds. The normalized spacial score (nSPS) is 24.3. The number of nitrogens with zero attached hydrogens (tertiary/aromatic N) is 1. The Bertz CT molecular complexity index is 586. The minimum Gasteiger partial charge on any atom is -0.326 e. The molecule has 1 heterocycles. The molecule has 1 aliphatic carbocycles. The van der Waals surface area contributed by atoms with Gasteiger partial charge in [-0.3, -0.25) is 9.69 Å². The van der Waals surface area contributed by atoms with Crippen molar-refractivity contribution in [1.82, 2.24) is 10.2 Å². The van der Waals surface area contributed by atoms with E-state index in [1.54, 1.807) is 0 Å². The van der Waals surface area contributed by atoms with Crippen molar-refractivity contribution < 1.29 is 9.59 Å². The number of benzene rings is 1. The predicted octanol–water partition coefficient (Wildman–Crippen LogP) is 2.76. The smallest absolute Gasteiger partial charge is 0.324 e. The van der Waals surface area contributed by atoms with Gasteiger partial charge in [-0.15, -0.1) is 0 Å². The molecule has 1 aliphatic heterocycles. The summed E-state index contributed by atoms with van der Waals surface area (Å²) in [5.41, 5.74) is 2.63. The highest BCUT2D eigenvalue weighted by atomic mass is 16.2. The fourth-order valence-corrected chi connectivity index (χ4v) is 3.69. The van der Waals surface area contributed by atoms with Crippen molar-refractivity contribution in [3.05, 3.63) is 35.4 Å². The first-order valence-electron chi connectivity index (χ1n) is 8.12. The SMILES string of the molecule is CC[C@H](C)[C@@H]1NC(=O)N(CC2(C)Cc3ccccc3C2)C1=O. The van der Waals surface area contributed by atoms with Gasteiger partial charge in [0.25, 0.3) is 5.91 Å². The summed E-state index contributed by atoms with van der Waals surface area (Å²) in [5.74, 6) is 0.117. The van der Waals surface area contributed by atoms with Crippen LogP contribution < -0.4 is 5.32 Å². The lowest BCUT2D eigenvalue weighted by molar-refractivity contribution is -0.129. The van der Waals surface area contributed by atoms with E-state index < -0.39 is 0 Å². The zero-order valence-corrected chi connectivity index (χ0v) is 13.6. The fourth-order valence-electron chi connectivity index (χ4n) is 3.69. The van der Waals surface area contributed by atoms with Crippen LogP contribution in [-0.4, -0.2) is 29.4 Å². The zero-order valence-electron chi connectivity index (χ0n) is 13.6. The first-order valence-corrected chi connectivity index (χ1v) is 8.12. The number of fused-ring (bicyclic) bond motifs is 1. The maximum Gasteiger partial charge on any atom is 0.324 e. The van der Waals surface area contributed by atoms with Crippen molar-refractivity contribution >= 4 is 11.9 Å². The van der Waals surface area contributed by atoms with Gasteiger partial charge in [-0.25, -0.2) is 4.79 Å². The molecule has 1 N–H and O–H groups in total. The Kier molecular flexibility index (Phi) is 3.71. The molecule has 3 rings (SSSR count). The lowest BCUT2D eigenvalue weighted by Gasteiger charge is -2.28. The summed E-state index contributed by atoms with van der Waals surface area (Å²) in [6.07, 6.45) is 2.73. The van der Waals surface area contributed by atoms with Crippen LogP contribution in [0.25, 0.3) is 0 Å². The molecule has 0 saturated carbocycles. The van der Waals surface area contributed by atoms with Gasteiger partial charge in [0, 0.05) is 6.54 Å². The Balaban J connectivity index is 1.74. The highest BCUT2D eigenvalue weighted by molar-refractivity contribution is 6.04. The van der Waals surface area contributed by atoms with Crippen LogP contribution in [0.3, 0.4) is 0 Å². The van der Waals surface area contributed by atoms with Gasteiger partial charge >= 0.3 is 6.03 Å². The van der Waals surface area contributed by atoms with E-state index in [4.69, 9.17) is 0 Å². The summed E-state index contributed by atoms with van der Waals surface area (Å²) in [4.78, 5) is 26.2. The summed E-state index contributed by atoms with van der Waals surface area (Å²) in [7, 11) is 0. The van der Waals surface area contributed by atoms with E-state index >= 15 is 0 Å². The minimum absolute atomic E-state index is 0.0545. The minimum atomic E-state index is -0.357. The largest absolute Gasteiger partial charge is 0.326 e. The highest BCUT2D eigenvalue weighted by Gasteiger charge is 2.44. The lowest BCUT2D eigenvalue weighted by Crippen LogP contribution is -2.41. The third kappa shape index (κ3) is 2.51. The topological polar surface area (TPSA) is 49.4 Å². The molecule has 0 radical (unpaired) electrons. The van der Waals surface area contributed by atoms with Crippen LogP contribution in [0.15, 0.2) is 24.3 Å². The molecule has 2 aliphatic rings. The number of amides is 3. The molecule has 4 heteroatoms. The summed E-state index contributed by atoms with van der Waals surface area (Å²) in [6.45, 7) is 6.73. The number of nitrogens with one attached hydrogen (secondary N) is 1. The Morgan fingerprint density at radius 3 is 2.41 bits per heavy atom. The number of carbonyl (C=O) groups is 2. The molecule has 2 atom stereocenters. The molecule has 0 unspecified atom stereocenters. The molecule has 1 aromatic carbocycles. The van der Waals surface area contributed by atoms with Crippen molar-refractivity contribution in [3.63, 3.8) is 0 Å². The van der Waals surface area contributed by atoms with E-state index in [1.807, 2.05) is 13.8 Å². The average molecular weight is 300 g/mol. The van der Waals surface area contributed by atoms with E-state index in [9.17, 15) is 9.59 Å². The van der Waals surface area contributed by atoms with E-state index in [-0.39, 0.29) is 29.3 Å². The van der Waals surface area contributed by atoms with Gasteiger partial charge in [0.2, 0.25) is 0 Å². The Morgan fingerprint density at radius 2 is 1.86 bits per heavy atom. The summed E-state index contributed by atoms with van der Waals surface area (Å²) < 4.78 is 0. The molecule has 1 saturated heterocycles. The Labute approximate surface area is 131 Å². The van der Waals surface area contributed by atoms with Crippen molar-refractivity contribution in [2.75, 3.05) is 6.54 Å². The van der Waals surface area contributed by atoms with Crippen LogP contribution in [0, 0.1) is 11.3 Å². The third-order valence-corrected chi connectivity index (χ3v) is 5.16. The van der Waals surface area contributed by atoms with E-state index in [2.05, 4.69) is 36.5 Å². The number of urea groups is 1. The second-order valence-electron chi connectivity index (χ2n) is 7.17. The van der Waals surface area contributed by atoms with Crippen LogP contribution in [0.5, 0.6) is 0 Å². The van der Waals surface area contributed by atoms with Crippen molar-refractivity contribution in [2.24, 2.45) is 11.3 Å². The van der Waals surface area contributed by atoms with Crippen LogP contribution in [0.1, 0.15) is 38.3 Å². The number of carbonyl (C=O) groups excluding carboxylic acids is 2. The molecule has 1 fully saturated rings. The molecule has 0 spiro atoms. The Hall–Kier alpha value is -1.84. The predicted molar refractivity (Wildman–Crippen MR) is 85.4 cm³/mol. The molecular weight excluding hydrogens is 276 g/mol. The molecule has 22 heavy (non-hydrogen) atoms. The number of hydrogen-bond donors (Lipinski definition) is 1. The second kappa shape index (κ2) is 5.41. The molecule has 118 valence electrons. The molecular formula is C18H24N2O2. The average Bonchev–Trinajstić information content (AvgIpc) is 2.97. The first kappa shape index (κ1) is 15.1. The summed E-state index contributed by atoms with van der Waals surface area (Å²) in [6, 6.07) is 7.81. The standard InChI is InChI=1S/C18H24N2O2/c1-4-12(2)15-16(21)20(17(22)19-15)11-18(3)9-13-7-5-6-8-14(13)10-18/h5-8,12,15H,4,9-11H2,1-3H3,(H,19,22)/t12-,15-/m0/s1. The van der Waals surface area contributed by atoms with Crippen molar-refractivity contribution in [2.45, 2.75) is 46.1 Å². The van der Waals surface area contributed by atoms with Crippen LogP contribution in [-0.2, 0) is 17.6 Å². The van der Waals surface area contributed by atoms with Gasteiger partial charge in [-0.2, -0.15) is 0 Å². The first-order chi connectivity index (χ1) is 10.4. The maximum atomic E-state index is 12.6. The van der Waals surface area contributed by atoms with Crippen LogP contribution >= 0.6 is 0 Å². The Morgan fingerprint density at radius 1 is 1.27 bits per heavy atom. The lowest BCUT2D eigenvalue weighted by atomic mass is 9.86. The van der Waals surface area contributed by atoms with Crippen LogP contribution in [0.4, 0.5) is 4.79 Å². The van der Waals surface area contributed by atoms with Gasteiger partial charge in [0.1, 0.15) is 6.04 Å². The third-order valence-electron chi connectivity index (χ3n) is 5.16.